The highest BCUT2D eigenvalue weighted by molar-refractivity contribution is 5.89. The molecule has 0 saturated heterocycles. The van der Waals surface area contributed by atoms with Gasteiger partial charge in [0.15, 0.2) is 5.58 Å². The van der Waals surface area contributed by atoms with E-state index in [-0.39, 0.29) is 5.97 Å². The zero-order valence-corrected chi connectivity index (χ0v) is 19.4. The molecule has 1 saturated carbocycles. The Hall–Kier alpha value is -2.88. The van der Waals surface area contributed by atoms with Crippen molar-refractivity contribution in [3.8, 4) is 0 Å². The van der Waals surface area contributed by atoms with Gasteiger partial charge in [-0.25, -0.2) is 9.78 Å². The standard InChI is InChI=1S/C28H33NO3/c1-4-19(2)18-31-28(30)23-13-10-21(11-14-23)12-15-27-29-25-17-24(20(3)16-26(25)32-27)22-8-6-5-7-9-22/h10-17,19,22H,4-9,18H2,1-3H3/b15-12+. The van der Waals surface area contributed by atoms with Crippen LogP contribution in [-0.2, 0) is 4.74 Å². The molecule has 1 unspecified atom stereocenters. The van der Waals surface area contributed by atoms with E-state index >= 15 is 0 Å². The molecule has 0 spiro atoms. The lowest BCUT2D eigenvalue weighted by Crippen LogP contribution is -2.11. The summed E-state index contributed by atoms with van der Waals surface area (Å²) in [6.45, 7) is 6.80. The third-order valence-corrected chi connectivity index (χ3v) is 6.60. The van der Waals surface area contributed by atoms with Crippen molar-refractivity contribution in [3.63, 3.8) is 0 Å². The maximum atomic E-state index is 12.2. The number of fused-ring (bicyclic) bond motifs is 1. The largest absolute Gasteiger partial charge is 0.462 e. The van der Waals surface area contributed by atoms with E-state index in [1.165, 1.54) is 43.2 Å². The first-order chi connectivity index (χ1) is 15.5. The van der Waals surface area contributed by atoms with Gasteiger partial charge in [0.05, 0.1) is 12.2 Å². The topological polar surface area (TPSA) is 52.3 Å². The van der Waals surface area contributed by atoms with Crippen molar-refractivity contribution in [1.29, 1.82) is 0 Å². The molecule has 32 heavy (non-hydrogen) atoms. The van der Waals surface area contributed by atoms with Crippen LogP contribution >= 0.6 is 0 Å². The molecule has 0 bridgehead atoms. The summed E-state index contributed by atoms with van der Waals surface area (Å²) < 4.78 is 11.3. The van der Waals surface area contributed by atoms with Gasteiger partial charge in [-0.3, -0.25) is 0 Å². The number of esters is 1. The van der Waals surface area contributed by atoms with Gasteiger partial charge in [-0.2, -0.15) is 0 Å². The van der Waals surface area contributed by atoms with Crippen LogP contribution in [0.2, 0.25) is 0 Å². The number of carbonyl (C=O) groups excluding carboxylic acids is 1. The van der Waals surface area contributed by atoms with Crippen LogP contribution in [0.1, 0.15) is 91.2 Å². The molecule has 1 aliphatic carbocycles. The summed E-state index contributed by atoms with van der Waals surface area (Å²) >= 11 is 0. The quantitative estimate of drug-likeness (QED) is 0.362. The highest BCUT2D eigenvalue weighted by Crippen LogP contribution is 2.36. The summed E-state index contributed by atoms with van der Waals surface area (Å²) in [5, 5.41) is 0. The first-order valence-electron chi connectivity index (χ1n) is 11.9. The Kier molecular flexibility index (Phi) is 7.09. The molecule has 1 aliphatic rings. The zero-order valence-electron chi connectivity index (χ0n) is 19.4. The fourth-order valence-electron chi connectivity index (χ4n) is 4.35. The lowest BCUT2D eigenvalue weighted by Gasteiger charge is -2.23. The van der Waals surface area contributed by atoms with E-state index in [4.69, 9.17) is 14.1 Å². The Balaban J connectivity index is 1.44. The molecule has 1 aromatic heterocycles. The van der Waals surface area contributed by atoms with Crippen molar-refractivity contribution in [2.45, 2.75) is 65.2 Å². The Morgan fingerprint density at radius 2 is 1.91 bits per heavy atom. The number of rotatable bonds is 7. The molecule has 0 aliphatic heterocycles. The third-order valence-electron chi connectivity index (χ3n) is 6.60. The van der Waals surface area contributed by atoms with E-state index in [1.807, 2.05) is 24.3 Å². The number of aromatic nitrogens is 1. The Morgan fingerprint density at radius 1 is 1.16 bits per heavy atom. The number of aryl methyl sites for hydroxylation is 1. The minimum absolute atomic E-state index is 0.274. The smallest absolute Gasteiger partial charge is 0.338 e. The summed E-state index contributed by atoms with van der Waals surface area (Å²) in [6, 6.07) is 11.8. The van der Waals surface area contributed by atoms with Gasteiger partial charge in [-0.15, -0.1) is 0 Å². The van der Waals surface area contributed by atoms with Crippen LogP contribution in [0.3, 0.4) is 0 Å². The molecular formula is C28H33NO3. The fraction of sp³-hybridized carbons (Fsp3) is 0.429. The minimum atomic E-state index is -0.274. The molecular weight excluding hydrogens is 398 g/mol. The lowest BCUT2D eigenvalue weighted by molar-refractivity contribution is 0.0447. The summed E-state index contributed by atoms with van der Waals surface area (Å²) in [4.78, 5) is 16.9. The van der Waals surface area contributed by atoms with Crippen LogP contribution in [0, 0.1) is 12.8 Å². The van der Waals surface area contributed by atoms with Gasteiger partial charge < -0.3 is 9.15 Å². The van der Waals surface area contributed by atoms with E-state index in [1.54, 1.807) is 12.1 Å². The second-order valence-electron chi connectivity index (χ2n) is 9.13. The number of nitrogens with zero attached hydrogens (tertiary/aromatic N) is 1. The molecule has 0 amide bonds. The Labute approximate surface area is 190 Å². The van der Waals surface area contributed by atoms with Crippen molar-refractivity contribution in [1.82, 2.24) is 4.98 Å². The van der Waals surface area contributed by atoms with Gasteiger partial charge >= 0.3 is 5.97 Å². The van der Waals surface area contributed by atoms with E-state index in [9.17, 15) is 4.79 Å². The number of hydrogen-bond acceptors (Lipinski definition) is 4. The monoisotopic (exact) mass is 431 g/mol. The van der Waals surface area contributed by atoms with Crippen molar-refractivity contribution in [2.75, 3.05) is 6.61 Å². The van der Waals surface area contributed by atoms with E-state index in [2.05, 4.69) is 32.9 Å². The van der Waals surface area contributed by atoms with E-state index in [0.717, 1.165) is 23.1 Å². The van der Waals surface area contributed by atoms with Crippen molar-refractivity contribution in [2.24, 2.45) is 5.92 Å². The summed E-state index contributed by atoms with van der Waals surface area (Å²) in [7, 11) is 0. The maximum Gasteiger partial charge on any atom is 0.338 e. The Morgan fingerprint density at radius 3 is 2.62 bits per heavy atom. The summed E-state index contributed by atoms with van der Waals surface area (Å²) in [5.41, 5.74) is 6.03. The summed E-state index contributed by atoms with van der Waals surface area (Å²) in [6.07, 6.45) is 11.4. The normalized spacial score (nSPS) is 16.0. The number of carbonyl (C=O) groups is 1. The van der Waals surface area contributed by atoms with Crippen LogP contribution in [0.4, 0.5) is 0 Å². The minimum Gasteiger partial charge on any atom is -0.462 e. The van der Waals surface area contributed by atoms with Crippen molar-refractivity contribution >= 4 is 29.2 Å². The van der Waals surface area contributed by atoms with Gasteiger partial charge in [-0.05, 0) is 78.6 Å². The predicted octanol–water partition coefficient (Wildman–Crippen LogP) is 7.56. The molecule has 4 rings (SSSR count). The van der Waals surface area contributed by atoms with Gasteiger partial charge in [0.2, 0.25) is 5.89 Å². The first-order valence-corrected chi connectivity index (χ1v) is 11.9. The van der Waals surface area contributed by atoms with Gasteiger partial charge in [0, 0.05) is 6.08 Å². The number of benzene rings is 2. The molecule has 3 aromatic rings. The van der Waals surface area contributed by atoms with Crippen LogP contribution < -0.4 is 0 Å². The van der Waals surface area contributed by atoms with Gasteiger partial charge in [-0.1, -0.05) is 51.7 Å². The molecule has 1 heterocycles. The molecule has 4 heteroatoms. The van der Waals surface area contributed by atoms with Crippen molar-refractivity contribution < 1.29 is 13.9 Å². The number of oxazole rings is 1. The second kappa shape index (κ2) is 10.2. The molecule has 0 N–H and O–H groups in total. The average Bonchev–Trinajstić information content (AvgIpc) is 3.22. The SMILES string of the molecule is CCC(C)COC(=O)c1ccc(/C=C/c2nc3cc(C4CCCCC4)c(C)cc3o2)cc1. The molecule has 168 valence electrons. The van der Waals surface area contributed by atoms with Gasteiger partial charge in [0.1, 0.15) is 5.52 Å². The molecule has 1 fully saturated rings. The highest BCUT2D eigenvalue weighted by atomic mass is 16.5. The maximum absolute atomic E-state index is 12.2. The Bertz CT molecular complexity index is 1090. The van der Waals surface area contributed by atoms with Crippen LogP contribution in [0.5, 0.6) is 0 Å². The highest BCUT2D eigenvalue weighted by Gasteiger charge is 2.19. The zero-order chi connectivity index (χ0) is 22.5. The molecule has 1 atom stereocenters. The van der Waals surface area contributed by atoms with Crippen LogP contribution in [-0.4, -0.2) is 17.6 Å². The van der Waals surface area contributed by atoms with E-state index in [0.29, 0.717) is 29.9 Å². The molecule has 4 nitrogen and oxygen atoms in total. The first kappa shape index (κ1) is 22.3. The van der Waals surface area contributed by atoms with E-state index < -0.39 is 0 Å². The summed E-state index contributed by atoms with van der Waals surface area (Å²) in [5.74, 6) is 1.35. The van der Waals surface area contributed by atoms with Gasteiger partial charge in [0.25, 0.3) is 0 Å². The van der Waals surface area contributed by atoms with Crippen LogP contribution in [0.15, 0.2) is 40.8 Å². The predicted molar refractivity (Wildman–Crippen MR) is 130 cm³/mol. The number of hydrogen-bond donors (Lipinski definition) is 0. The lowest BCUT2D eigenvalue weighted by atomic mass is 9.82. The van der Waals surface area contributed by atoms with Crippen LogP contribution in [0.25, 0.3) is 23.3 Å². The second-order valence-corrected chi connectivity index (χ2v) is 9.13. The molecule has 0 radical (unpaired) electrons. The number of ether oxygens (including phenoxy) is 1. The van der Waals surface area contributed by atoms with Crippen molar-refractivity contribution in [3.05, 3.63) is 64.5 Å². The average molecular weight is 432 g/mol. The third kappa shape index (κ3) is 5.29. The fourth-order valence-corrected chi connectivity index (χ4v) is 4.35. The molecule has 2 aromatic carbocycles.